The molecule has 1 fully saturated rings. The third-order valence-corrected chi connectivity index (χ3v) is 2.65. The molecular formula is C8H12O. The Labute approximate surface area is 55.4 Å². The Bertz CT molecular complexity index is 140. The van der Waals surface area contributed by atoms with Crippen molar-refractivity contribution in [2.75, 3.05) is 6.61 Å². The summed E-state index contributed by atoms with van der Waals surface area (Å²) in [6.07, 6.45) is 7.12. The van der Waals surface area contributed by atoms with Crippen molar-refractivity contribution in [3.05, 3.63) is 12.2 Å². The predicted molar refractivity (Wildman–Crippen MR) is 35.9 cm³/mol. The summed E-state index contributed by atoms with van der Waals surface area (Å²) in [4.78, 5) is 0. The summed E-state index contributed by atoms with van der Waals surface area (Å²) in [6.45, 7) is 0.394. The fourth-order valence-electron chi connectivity index (χ4n) is 2.10. The number of fused-ring (bicyclic) bond motifs is 2. The average molecular weight is 124 g/mol. The zero-order chi connectivity index (χ0) is 6.27. The maximum atomic E-state index is 8.85. The fourth-order valence-corrected chi connectivity index (χ4v) is 2.10. The quantitative estimate of drug-likeness (QED) is 0.520. The molecule has 0 saturated heterocycles. The van der Waals surface area contributed by atoms with E-state index in [2.05, 4.69) is 12.2 Å². The highest BCUT2D eigenvalue weighted by molar-refractivity contribution is 5.09. The van der Waals surface area contributed by atoms with E-state index in [-0.39, 0.29) is 0 Å². The number of aliphatic hydroxyl groups excluding tert-OH is 1. The molecule has 1 saturated carbocycles. The van der Waals surface area contributed by atoms with Crippen LogP contribution in [0.25, 0.3) is 0 Å². The molecule has 1 unspecified atom stereocenters. The summed E-state index contributed by atoms with van der Waals surface area (Å²) in [5.74, 6) is 2.13. The van der Waals surface area contributed by atoms with E-state index in [1.807, 2.05) is 0 Å². The molecule has 2 aliphatic rings. The topological polar surface area (TPSA) is 20.2 Å². The van der Waals surface area contributed by atoms with Gasteiger partial charge in [-0.05, 0) is 30.6 Å². The molecule has 1 N–H and O–H groups in total. The summed E-state index contributed by atoms with van der Waals surface area (Å²) >= 11 is 0. The lowest BCUT2D eigenvalue weighted by Gasteiger charge is -2.13. The van der Waals surface area contributed by atoms with Crippen molar-refractivity contribution < 1.29 is 5.11 Å². The minimum absolute atomic E-state index is 0.394. The molecule has 0 aromatic heterocycles. The average Bonchev–Trinajstić information content (AvgIpc) is 2.45. The van der Waals surface area contributed by atoms with E-state index >= 15 is 0 Å². The summed E-state index contributed by atoms with van der Waals surface area (Å²) in [5, 5.41) is 8.85. The van der Waals surface area contributed by atoms with Gasteiger partial charge in [-0.15, -0.1) is 0 Å². The Hall–Kier alpha value is -0.300. The third kappa shape index (κ3) is 0.715. The van der Waals surface area contributed by atoms with Gasteiger partial charge < -0.3 is 5.11 Å². The zero-order valence-electron chi connectivity index (χ0n) is 5.46. The highest BCUT2D eigenvalue weighted by atomic mass is 16.3. The van der Waals surface area contributed by atoms with Crippen LogP contribution in [0.4, 0.5) is 0 Å². The lowest BCUT2D eigenvalue weighted by Crippen LogP contribution is -2.10. The van der Waals surface area contributed by atoms with Gasteiger partial charge in [-0.25, -0.2) is 0 Å². The standard InChI is InChI=1S/C8H12O/c9-5-8-4-6-1-2-7(8)3-6/h1-2,6-9H,3-5H2/t6-,7-,8?/m1/s1. The number of rotatable bonds is 1. The van der Waals surface area contributed by atoms with Crippen molar-refractivity contribution in [3.63, 3.8) is 0 Å². The van der Waals surface area contributed by atoms with Crippen LogP contribution in [0.15, 0.2) is 12.2 Å². The third-order valence-electron chi connectivity index (χ3n) is 2.65. The van der Waals surface area contributed by atoms with E-state index in [1.165, 1.54) is 12.8 Å². The molecule has 3 atom stereocenters. The number of aliphatic hydroxyl groups is 1. The number of hydrogen-bond acceptors (Lipinski definition) is 1. The van der Waals surface area contributed by atoms with Crippen molar-refractivity contribution in [2.24, 2.45) is 17.8 Å². The highest BCUT2D eigenvalue weighted by Crippen LogP contribution is 2.42. The Kier molecular flexibility index (Phi) is 1.12. The molecule has 1 nitrogen and oxygen atoms in total. The molecule has 0 amide bonds. The van der Waals surface area contributed by atoms with E-state index in [0.29, 0.717) is 12.5 Å². The van der Waals surface area contributed by atoms with Crippen LogP contribution in [-0.4, -0.2) is 11.7 Å². The van der Waals surface area contributed by atoms with Crippen LogP contribution in [-0.2, 0) is 0 Å². The lowest BCUT2D eigenvalue weighted by molar-refractivity contribution is 0.207. The summed E-state index contributed by atoms with van der Waals surface area (Å²) < 4.78 is 0. The minimum Gasteiger partial charge on any atom is -0.396 e. The van der Waals surface area contributed by atoms with E-state index in [1.54, 1.807) is 0 Å². The van der Waals surface area contributed by atoms with Crippen molar-refractivity contribution in [3.8, 4) is 0 Å². The molecule has 2 aliphatic carbocycles. The first-order valence-electron chi connectivity index (χ1n) is 3.69. The van der Waals surface area contributed by atoms with Gasteiger partial charge in [-0.3, -0.25) is 0 Å². The smallest absolute Gasteiger partial charge is 0.0465 e. The Morgan fingerprint density at radius 2 is 2.22 bits per heavy atom. The first kappa shape index (κ1) is 5.48. The second kappa shape index (κ2) is 1.84. The van der Waals surface area contributed by atoms with Gasteiger partial charge in [0.25, 0.3) is 0 Å². The second-order valence-corrected chi connectivity index (χ2v) is 3.22. The van der Waals surface area contributed by atoms with Gasteiger partial charge in [-0.1, -0.05) is 12.2 Å². The molecule has 0 aromatic rings. The maximum Gasteiger partial charge on any atom is 0.0465 e. The zero-order valence-corrected chi connectivity index (χ0v) is 5.46. The lowest BCUT2D eigenvalue weighted by atomic mass is 9.95. The van der Waals surface area contributed by atoms with Crippen molar-refractivity contribution in [1.82, 2.24) is 0 Å². The van der Waals surface area contributed by atoms with Gasteiger partial charge in [0.1, 0.15) is 0 Å². The summed E-state index contributed by atoms with van der Waals surface area (Å²) in [5.41, 5.74) is 0. The first-order chi connectivity index (χ1) is 4.40. The number of hydrogen-bond donors (Lipinski definition) is 1. The Morgan fingerprint density at radius 3 is 2.56 bits per heavy atom. The molecule has 0 aromatic carbocycles. The largest absolute Gasteiger partial charge is 0.396 e. The van der Waals surface area contributed by atoms with Crippen LogP contribution >= 0.6 is 0 Å². The van der Waals surface area contributed by atoms with Crippen molar-refractivity contribution in [2.45, 2.75) is 12.8 Å². The Morgan fingerprint density at radius 1 is 1.33 bits per heavy atom. The predicted octanol–water partition coefficient (Wildman–Crippen LogP) is 1.19. The van der Waals surface area contributed by atoms with Crippen LogP contribution < -0.4 is 0 Å². The molecule has 0 aliphatic heterocycles. The van der Waals surface area contributed by atoms with Gasteiger partial charge in [0.15, 0.2) is 0 Å². The SMILES string of the molecule is OCC1C[C@@H]2C=C[C@@H]1C2. The van der Waals surface area contributed by atoms with Crippen molar-refractivity contribution in [1.29, 1.82) is 0 Å². The van der Waals surface area contributed by atoms with Gasteiger partial charge >= 0.3 is 0 Å². The van der Waals surface area contributed by atoms with E-state index in [9.17, 15) is 0 Å². The Balaban J connectivity index is 2.10. The highest BCUT2D eigenvalue weighted by Gasteiger charge is 2.34. The molecule has 2 rings (SSSR count). The summed E-state index contributed by atoms with van der Waals surface area (Å²) in [6, 6.07) is 0. The van der Waals surface area contributed by atoms with Crippen LogP contribution in [0, 0.1) is 17.8 Å². The van der Waals surface area contributed by atoms with E-state index in [0.717, 1.165) is 11.8 Å². The van der Waals surface area contributed by atoms with Crippen LogP contribution in [0.2, 0.25) is 0 Å². The second-order valence-electron chi connectivity index (χ2n) is 3.22. The van der Waals surface area contributed by atoms with Gasteiger partial charge in [0.05, 0.1) is 0 Å². The molecule has 0 radical (unpaired) electrons. The van der Waals surface area contributed by atoms with Gasteiger partial charge in [0.2, 0.25) is 0 Å². The summed E-state index contributed by atoms with van der Waals surface area (Å²) in [7, 11) is 0. The normalized spacial score (nSPS) is 46.6. The monoisotopic (exact) mass is 124 g/mol. The molecule has 0 heterocycles. The maximum absolute atomic E-state index is 8.85. The molecule has 1 heteroatoms. The van der Waals surface area contributed by atoms with Crippen LogP contribution in [0.5, 0.6) is 0 Å². The molecule has 9 heavy (non-hydrogen) atoms. The molecule has 2 bridgehead atoms. The first-order valence-corrected chi connectivity index (χ1v) is 3.69. The van der Waals surface area contributed by atoms with Gasteiger partial charge in [-0.2, -0.15) is 0 Å². The van der Waals surface area contributed by atoms with Gasteiger partial charge in [0, 0.05) is 6.61 Å². The fraction of sp³-hybridized carbons (Fsp3) is 0.750. The van der Waals surface area contributed by atoms with E-state index < -0.39 is 0 Å². The molecular weight excluding hydrogens is 112 g/mol. The number of allylic oxidation sites excluding steroid dienone is 2. The van der Waals surface area contributed by atoms with Crippen molar-refractivity contribution >= 4 is 0 Å². The molecule has 50 valence electrons. The van der Waals surface area contributed by atoms with Crippen LogP contribution in [0.1, 0.15) is 12.8 Å². The minimum atomic E-state index is 0.394. The van der Waals surface area contributed by atoms with Crippen LogP contribution in [0.3, 0.4) is 0 Å². The molecule has 0 spiro atoms. The van der Waals surface area contributed by atoms with E-state index in [4.69, 9.17) is 5.11 Å².